The molecule has 22 heavy (non-hydrogen) atoms. The second-order valence-corrected chi connectivity index (χ2v) is 4.77. The summed E-state index contributed by atoms with van der Waals surface area (Å²) in [6, 6.07) is 13.2. The number of ether oxygens (including phenoxy) is 1. The van der Waals surface area contributed by atoms with Crippen LogP contribution in [0.5, 0.6) is 5.75 Å². The molecule has 0 aromatic heterocycles. The van der Waals surface area contributed by atoms with E-state index < -0.39 is 5.82 Å². The number of nitrogens with one attached hydrogen (secondary N) is 1. The van der Waals surface area contributed by atoms with Crippen molar-refractivity contribution in [2.45, 2.75) is 13.3 Å². The molecule has 2 aromatic rings. The summed E-state index contributed by atoms with van der Waals surface area (Å²) < 4.78 is 18.5. The van der Waals surface area contributed by atoms with Crippen molar-refractivity contribution in [2.24, 2.45) is 0 Å². The molecule has 0 radical (unpaired) electrons. The molecule has 4 nitrogen and oxygen atoms in total. The minimum absolute atomic E-state index is 0.173. The Kier molecular flexibility index (Phi) is 5.10. The molecule has 0 aliphatic rings. The summed E-state index contributed by atoms with van der Waals surface area (Å²) in [6.07, 6.45) is 0.333. The average molecular weight is 298 g/mol. The number of halogens is 1. The van der Waals surface area contributed by atoms with Gasteiger partial charge in [0.25, 0.3) is 5.91 Å². The second kappa shape index (κ2) is 7.23. The van der Waals surface area contributed by atoms with Gasteiger partial charge in [-0.3, -0.25) is 4.79 Å². The van der Waals surface area contributed by atoms with Gasteiger partial charge in [-0.1, -0.05) is 18.2 Å². The van der Waals surface area contributed by atoms with Crippen molar-refractivity contribution < 1.29 is 13.9 Å². The molecule has 0 unspecified atom stereocenters. The van der Waals surface area contributed by atoms with Crippen LogP contribution in [0.1, 0.15) is 11.1 Å². The van der Waals surface area contributed by atoms with E-state index in [1.807, 2.05) is 0 Å². The second-order valence-electron chi connectivity index (χ2n) is 4.77. The van der Waals surface area contributed by atoms with Crippen LogP contribution in [0.15, 0.2) is 42.5 Å². The Morgan fingerprint density at radius 2 is 2.00 bits per heavy atom. The number of carbonyl (C=O) groups is 1. The van der Waals surface area contributed by atoms with Gasteiger partial charge in [0.1, 0.15) is 11.6 Å². The summed E-state index contributed by atoms with van der Waals surface area (Å²) in [4.78, 5) is 11.8. The molecule has 0 heterocycles. The van der Waals surface area contributed by atoms with Crippen LogP contribution in [0.25, 0.3) is 0 Å². The largest absolute Gasteiger partial charge is 0.484 e. The third kappa shape index (κ3) is 4.32. The zero-order chi connectivity index (χ0) is 15.9. The highest BCUT2D eigenvalue weighted by Crippen LogP contribution is 2.16. The number of nitrogens with zero attached hydrogens (tertiary/aromatic N) is 1. The highest BCUT2D eigenvalue weighted by molar-refractivity contribution is 5.92. The molecule has 0 saturated carbocycles. The molecular weight excluding hydrogens is 283 g/mol. The number of rotatable bonds is 5. The van der Waals surface area contributed by atoms with E-state index in [1.54, 1.807) is 37.3 Å². The highest BCUT2D eigenvalue weighted by atomic mass is 19.1. The van der Waals surface area contributed by atoms with Crippen molar-refractivity contribution in [1.82, 2.24) is 0 Å². The van der Waals surface area contributed by atoms with Crippen LogP contribution in [-0.4, -0.2) is 12.5 Å². The fourth-order valence-corrected chi connectivity index (χ4v) is 1.86. The first-order valence-corrected chi connectivity index (χ1v) is 6.73. The Balaban J connectivity index is 1.90. The molecule has 2 aromatic carbocycles. The van der Waals surface area contributed by atoms with Crippen LogP contribution in [0.2, 0.25) is 0 Å². The van der Waals surface area contributed by atoms with Crippen LogP contribution in [-0.2, 0) is 11.2 Å². The summed E-state index contributed by atoms with van der Waals surface area (Å²) in [5.41, 5.74) is 2.09. The van der Waals surface area contributed by atoms with Gasteiger partial charge in [-0.2, -0.15) is 5.26 Å². The minimum Gasteiger partial charge on any atom is -0.484 e. The van der Waals surface area contributed by atoms with Gasteiger partial charge in [0, 0.05) is 5.69 Å². The maximum absolute atomic E-state index is 13.1. The number of hydrogen-bond acceptors (Lipinski definition) is 3. The molecule has 1 amide bonds. The molecule has 0 atom stereocenters. The van der Waals surface area contributed by atoms with Gasteiger partial charge in [-0.15, -0.1) is 0 Å². The van der Waals surface area contributed by atoms with E-state index >= 15 is 0 Å². The molecule has 0 spiro atoms. The number of aryl methyl sites for hydroxylation is 1. The SMILES string of the molecule is Cc1ccc(F)cc1NC(=O)COc1ccc(CC#N)cc1. The van der Waals surface area contributed by atoms with Crippen molar-refractivity contribution in [3.05, 3.63) is 59.4 Å². The highest BCUT2D eigenvalue weighted by Gasteiger charge is 2.07. The van der Waals surface area contributed by atoms with Crippen molar-refractivity contribution in [1.29, 1.82) is 5.26 Å². The number of anilines is 1. The molecule has 0 bridgehead atoms. The fraction of sp³-hybridized carbons (Fsp3) is 0.176. The first-order chi connectivity index (χ1) is 10.6. The average Bonchev–Trinajstić information content (AvgIpc) is 2.51. The number of benzene rings is 2. The van der Waals surface area contributed by atoms with Crippen molar-refractivity contribution in [3.63, 3.8) is 0 Å². The van der Waals surface area contributed by atoms with E-state index in [-0.39, 0.29) is 12.5 Å². The predicted molar refractivity (Wildman–Crippen MR) is 81.0 cm³/mol. The summed E-state index contributed by atoms with van der Waals surface area (Å²) in [6.45, 7) is 1.61. The summed E-state index contributed by atoms with van der Waals surface area (Å²) >= 11 is 0. The van der Waals surface area contributed by atoms with Gasteiger partial charge in [-0.05, 0) is 42.3 Å². The maximum Gasteiger partial charge on any atom is 0.262 e. The molecule has 112 valence electrons. The predicted octanol–water partition coefficient (Wildman–Crippen LogP) is 3.22. The molecule has 1 N–H and O–H groups in total. The minimum atomic E-state index is -0.408. The van der Waals surface area contributed by atoms with Gasteiger partial charge < -0.3 is 10.1 Å². The van der Waals surface area contributed by atoms with Gasteiger partial charge in [-0.25, -0.2) is 4.39 Å². The number of carbonyl (C=O) groups excluding carboxylic acids is 1. The molecule has 0 saturated heterocycles. The lowest BCUT2D eigenvalue weighted by atomic mass is 10.2. The van der Waals surface area contributed by atoms with E-state index in [1.165, 1.54) is 12.1 Å². The van der Waals surface area contributed by atoms with Gasteiger partial charge in [0.15, 0.2) is 6.61 Å². The van der Waals surface area contributed by atoms with Crippen LogP contribution in [0.4, 0.5) is 10.1 Å². The van der Waals surface area contributed by atoms with Crippen LogP contribution in [0, 0.1) is 24.1 Å². The third-order valence-electron chi connectivity index (χ3n) is 3.05. The van der Waals surface area contributed by atoms with Crippen LogP contribution >= 0.6 is 0 Å². The van der Waals surface area contributed by atoms with Crippen molar-refractivity contribution in [3.8, 4) is 11.8 Å². The van der Waals surface area contributed by atoms with Gasteiger partial charge in [0.2, 0.25) is 0 Å². The molecule has 2 rings (SSSR count). The summed E-state index contributed by atoms with van der Waals surface area (Å²) in [5, 5.41) is 11.2. The lowest BCUT2D eigenvalue weighted by molar-refractivity contribution is -0.118. The Bertz CT molecular complexity index is 706. The van der Waals surface area contributed by atoms with Crippen molar-refractivity contribution in [2.75, 3.05) is 11.9 Å². The summed E-state index contributed by atoms with van der Waals surface area (Å²) in [7, 11) is 0. The third-order valence-corrected chi connectivity index (χ3v) is 3.05. The quantitative estimate of drug-likeness (QED) is 0.922. The molecule has 0 fully saturated rings. The molecule has 0 aliphatic carbocycles. The Morgan fingerprint density at radius 3 is 2.68 bits per heavy atom. The van der Waals surface area contributed by atoms with Crippen molar-refractivity contribution >= 4 is 11.6 Å². The lowest BCUT2D eigenvalue weighted by Crippen LogP contribution is -2.20. The van der Waals surface area contributed by atoms with Gasteiger partial charge >= 0.3 is 0 Å². The molecule has 0 aliphatic heterocycles. The maximum atomic E-state index is 13.1. The van der Waals surface area contributed by atoms with E-state index in [0.29, 0.717) is 17.9 Å². The summed E-state index contributed by atoms with van der Waals surface area (Å²) in [5.74, 6) is -0.238. The lowest BCUT2D eigenvalue weighted by Gasteiger charge is -2.10. The first-order valence-electron chi connectivity index (χ1n) is 6.73. The van der Waals surface area contributed by atoms with Crippen LogP contribution in [0.3, 0.4) is 0 Å². The molecule has 5 heteroatoms. The Labute approximate surface area is 128 Å². The fourth-order valence-electron chi connectivity index (χ4n) is 1.86. The van der Waals surface area contributed by atoms with Crippen LogP contribution < -0.4 is 10.1 Å². The zero-order valence-electron chi connectivity index (χ0n) is 12.1. The normalized spacial score (nSPS) is 9.86. The topological polar surface area (TPSA) is 62.1 Å². The van der Waals surface area contributed by atoms with E-state index in [9.17, 15) is 9.18 Å². The number of nitriles is 1. The van der Waals surface area contributed by atoms with E-state index in [4.69, 9.17) is 10.00 Å². The van der Waals surface area contributed by atoms with Gasteiger partial charge in [0.05, 0.1) is 12.5 Å². The van der Waals surface area contributed by atoms with E-state index in [2.05, 4.69) is 11.4 Å². The Hall–Kier alpha value is -2.87. The number of amides is 1. The smallest absolute Gasteiger partial charge is 0.262 e. The first kappa shape index (κ1) is 15.5. The number of hydrogen-bond donors (Lipinski definition) is 1. The zero-order valence-corrected chi connectivity index (χ0v) is 12.1. The standard InChI is InChI=1S/C17H15FN2O2/c1-12-2-5-14(18)10-16(12)20-17(21)11-22-15-6-3-13(4-7-15)8-9-19/h2-7,10H,8,11H2,1H3,(H,20,21). The monoisotopic (exact) mass is 298 g/mol. The Morgan fingerprint density at radius 1 is 1.27 bits per heavy atom. The van der Waals surface area contributed by atoms with E-state index in [0.717, 1.165) is 11.1 Å². The molecular formula is C17H15FN2O2.